The summed E-state index contributed by atoms with van der Waals surface area (Å²) in [7, 11) is 6.68. The normalized spacial score (nSPS) is 12.0. The Labute approximate surface area is 114 Å². The van der Waals surface area contributed by atoms with Crippen molar-refractivity contribution in [1.29, 1.82) is 0 Å². The fourth-order valence-corrected chi connectivity index (χ4v) is 2.15. The third-order valence-electron chi connectivity index (χ3n) is 1.93. The molecule has 0 amide bonds. The van der Waals surface area contributed by atoms with Gasteiger partial charge < -0.3 is 9.47 Å². The van der Waals surface area contributed by atoms with Crippen LogP contribution in [0.25, 0.3) is 0 Å². The zero-order chi connectivity index (χ0) is 12.8. The number of rotatable bonds is 5. The number of para-hydroxylation sites is 1. The first-order valence-corrected chi connectivity index (χ1v) is 7.02. The molecule has 0 radical (unpaired) electrons. The Morgan fingerprint density at radius 3 is 2.82 bits per heavy atom. The molecule has 0 aliphatic rings. The highest BCUT2D eigenvalue weighted by Crippen LogP contribution is 2.37. The zero-order valence-electron chi connectivity index (χ0n) is 9.41. The molecule has 17 heavy (non-hydrogen) atoms. The summed E-state index contributed by atoms with van der Waals surface area (Å²) >= 11 is 5.98. The van der Waals surface area contributed by atoms with E-state index < -0.39 is 12.1 Å². The highest BCUT2D eigenvalue weighted by Gasteiger charge is 2.19. The molecule has 0 heterocycles. The van der Waals surface area contributed by atoms with Gasteiger partial charge in [0.15, 0.2) is 11.9 Å². The van der Waals surface area contributed by atoms with E-state index in [0.717, 1.165) is 11.0 Å². The first kappa shape index (κ1) is 14.5. The van der Waals surface area contributed by atoms with Crippen LogP contribution in [0.15, 0.2) is 23.1 Å². The molecule has 0 fully saturated rings. The topological polar surface area (TPSA) is 35.5 Å². The van der Waals surface area contributed by atoms with Gasteiger partial charge in [-0.05, 0) is 47.6 Å². The maximum absolute atomic E-state index is 11.4. The largest absolute Gasteiger partial charge is 0.476 e. The summed E-state index contributed by atoms with van der Waals surface area (Å²) in [4.78, 5) is 12.1. The maximum atomic E-state index is 11.4. The standard InChI is InChI=1S/C11H12Cl2O3S/c1-3-15-11(14)7(2)16-10-8(12)5-4-6-9(10)17-13/h4-7H,3H2,1-2H3. The number of carbonyl (C=O) groups is 1. The van der Waals surface area contributed by atoms with Gasteiger partial charge in [0.25, 0.3) is 0 Å². The van der Waals surface area contributed by atoms with Gasteiger partial charge in [0, 0.05) is 0 Å². The molecular weight excluding hydrogens is 283 g/mol. The highest BCUT2D eigenvalue weighted by molar-refractivity contribution is 8.21. The summed E-state index contributed by atoms with van der Waals surface area (Å²) < 4.78 is 10.3. The van der Waals surface area contributed by atoms with Crippen molar-refractivity contribution < 1.29 is 14.3 Å². The van der Waals surface area contributed by atoms with Crippen molar-refractivity contribution >= 4 is 39.2 Å². The van der Waals surface area contributed by atoms with Crippen LogP contribution < -0.4 is 4.74 Å². The summed E-state index contributed by atoms with van der Waals surface area (Å²) in [6.07, 6.45) is -0.725. The minimum atomic E-state index is -0.725. The van der Waals surface area contributed by atoms with Crippen molar-refractivity contribution in [3.63, 3.8) is 0 Å². The van der Waals surface area contributed by atoms with Crippen molar-refractivity contribution in [1.82, 2.24) is 0 Å². The molecule has 3 nitrogen and oxygen atoms in total. The fourth-order valence-electron chi connectivity index (χ4n) is 1.15. The number of esters is 1. The van der Waals surface area contributed by atoms with Gasteiger partial charge in [-0.25, -0.2) is 4.79 Å². The van der Waals surface area contributed by atoms with Crippen LogP contribution in [-0.4, -0.2) is 18.7 Å². The van der Waals surface area contributed by atoms with Crippen molar-refractivity contribution in [2.24, 2.45) is 0 Å². The molecule has 1 atom stereocenters. The van der Waals surface area contributed by atoms with Gasteiger partial charge in [0.2, 0.25) is 0 Å². The van der Waals surface area contributed by atoms with E-state index >= 15 is 0 Å². The molecule has 94 valence electrons. The van der Waals surface area contributed by atoms with E-state index in [2.05, 4.69) is 0 Å². The van der Waals surface area contributed by atoms with E-state index in [-0.39, 0.29) is 0 Å². The molecule has 0 saturated heterocycles. The van der Waals surface area contributed by atoms with Crippen molar-refractivity contribution in [3.05, 3.63) is 23.2 Å². The molecule has 0 saturated carbocycles. The van der Waals surface area contributed by atoms with Gasteiger partial charge in [-0.2, -0.15) is 0 Å². The molecule has 0 N–H and O–H groups in total. The number of hydrogen-bond acceptors (Lipinski definition) is 4. The zero-order valence-corrected chi connectivity index (χ0v) is 11.7. The summed E-state index contributed by atoms with van der Waals surface area (Å²) in [6.45, 7) is 3.65. The molecule has 0 aromatic heterocycles. The summed E-state index contributed by atoms with van der Waals surface area (Å²) in [5.74, 6) is -0.0346. The highest BCUT2D eigenvalue weighted by atomic mass is 35.7. The average molecular weight is 295 g/mol. The third kappa shape index (κ3) is 3.98. The van der Waals surface area contributed by atoms with Crippen LogP contribution in [0, 0.1) is 0 Å². The lowest BCUT2D eigenvalue weighted by molar-refractivity contribution is -0.150. The summed E-state index contributed by atoms with van der Waals surface area (Å²) in [5.41, 5.74) is 0. The second-order valence-corrected chi connectivity index (χ2v) is 4.62. The molecule has 0 aliphatic carbocycles. The van der Waals surface area contributed by atoms with Gasteiger partial charge in [-0.3, -0.25) is 0 Å². The van der Waals surface area contributed by atoms with E-state index in [4.69, 9.17) is 31.8 Å². The van der Waals surface area contributed by atoms with Crippen LogP contribution in [-0.2, 0) is 9.53 Å². The Morgan fingerprint density at radius 1 is 1.53 bits per heavy atom. The second kappa shape index (κ2) is 6.99. The fraction of sp³-hybridized carbons (Fsp3) is 0.364. The summed E-state index contributed by atoms with van der Waals surface area (Å²) in [5, 5.41) is 0.409. The van der Waals surface area contributed by atoms with Crippen molar-refractivity contribution in [2.75, 3.05) is 6.61 Å². The Morgan fingerprint density at radius 2 is 2.24 bits per heavy atom. The monoisotopic (exact) mass is 294 g/mol. The van der Waals surface area contributed by atoms with E-state index in [0.29, 0.717) is 22.3 Å². The number of halogens is 2. The maximum Gasteiger partial charge on any atom is 0.347 e. The average Bonchev–Trinajstić information content (AvgIpc) is 2.31. The molecule has 0 aliphatic heterocycles. The number of hydrogen-bond donors (Lipinski definition) is 0. The van der Waals surface area contributed by atoms with Crippen LogP contribution in [0.4, 0.5) is 0 Å². The molecular formula is C11H12Cl2O3S. The Hall–Kier alpha value is -0.580. The Kier molecular flexibility index (Phi) is 5.95. The minimum absolute atomic E-state index is 0.312. The quantitative estimate of drug-likeness (QED) is 0.771. The second-order valence-electron chi connectivity index (χ2n) is 3.16. The molecule has 1 aromatic carbocycles. The first-order chi connectivity index (χ1) is 8.10. The molecule has 1 aromatic rings. The van der Waals surface area contributed by atoms with Crippen molar-refractivity contribution in [2.45, 2.75) is 24.8 Å². The number of carbonyl (C=O) groups excluding carboxylic acids is 1. The lowest BCUT2D eigenvalue weighted by atomic mass is 10.3. The lowest BCUT2D eigenvalue weighted by Gasteiger charge is -2.16. The molecule has 1 rings (SSSR count). The van der Waals surface area contributed by atoms with Crippen LogP contribution in [0.2, 0.25) is 5.02 Å². The van der Waals surface area contributed by atoms with E-state index in [1.165, 1.54) is 0 Å². The van der Waals surface area contributed by atoms with Gasteiger partial charge in [-0.1, -0.05) is 17.7 Å². The SMILES string of the molecule is CCOC(=O)C(C)Oc1c(Cl)cccc1SCl. The smallest absolute Gasteiger partial charge is 0.347 e. The summed E-state index contributed by atoms with van der Waals surface area (Å²) in [6, 6.07) is 5.19. The van der Waals surface area contributed by atoms with Gasteiger partial charge in [0.1, 0.15) is 0 Å². The molecule has 6 heteroatoms. The Balaban J connectivity index is 2.83. The third-order valence-corrected chi connectivity index (χ3v) is 3.21. The van der Waals surface area contributed by atoms with Gasteiger partial charge in [0.05, 0.1) is 16.5 Å². The van der Waals surface area contributed by atoms with Crippen LogP contribution in [0.3, 0.4) is 0 Å². The van der Waals surface area contributed by atoms with E-state index in [9.17, 15) is 4.79 Å². The predicted octanol–water partition coefficient (Wildman–Crippen LogP) is 3.92. The van der Waals surface area contributed by atoms with E-state index in [1.807, 2.05) is 0 Å². The number of ether oxygens (including phenoxy) is 2. The van der Waals surface area contributed by atoms with Gasteiger partial charge in [-0.15, -0.1) is 0 Å². The first-order valence-electron chi connectivity index (χ1n) is 5.00. The predicted molar refractivity (Wildman–Crippen MR) is 69.9 cm³/mol. The van der Waals surface area contributed by atoms with Crippen LogP contribution in [0.5, 0.6) is 5.75 Å². The lowest BCUT2D eigenvalue weighted by Crippen LogP contribution is -2.26. The molecule has 0 spiro atoms. The van der Waals surface area contributed by atoms with Crippen LogP contribution in [0.1, 0.15) is 13.8 Å². The molecule has 1 unspecified atom stereocenters. The van der Waals surface area contributed by atoms with Crippen LogP contribution >= 0.6 is 33.3 Å². The van der Waals surface area contributed by atoms with Gasteiger partial charge >= 0.3 is 5.97 Å². The number of benzene rings is 1. The Bertz CT molecular complexity index is 398. The van der Waals surface area contributed by atoms with E-state index in [1.54, 1.807) is 32.0 Å². The minimum Gasteiger partial charge on any atom is -0.476 e. The molecule has 0 bridgehead atoms. The van der Waals surface area contributed by atoms with Crippen molar-refractivity contribution in [3.8, 4) is 5.75 Å².